The molecule has 1 N–H and O–H groups in total. The van der Waals surface area contributed by atoms with Crippen LogP contribution in [-0.4, -0.2) is 15.7 Å². The number of carbonyl (C=O) groups excluding carboxylic acids is 1. The lowest BCUT2D eigenvalue weighted by molar-refractivity contribution is -0.112. The highest BCUT2D eigenvalue weighted by Gasteiger charge is 2.17. The number of anilines is 1. The van der Waals surface area contributed by atoms with E-state index in [0.717, 1.165) is 16.8 Å². The normalized spacial score (nSPS) is 11.5. The molecule has 6 heteroatoms. The molecular formula is C20H23ClN4O. The number of para-hydroxylation sites is 1. The van der Waals surface area contributed by atoms with Crippen LogP contribution in [0.3, 0.4) is 0 Å². The minimum Gasteiger partial charge on any atom is -0.321 e. The molecule has 5 nitrogen and oxygen atoms in total. The Morgan fingerprint density at radius 1 is 1.35 bits per heavy atom. The number of hydrogen-bond donors (Lipinski definition) is 1. The van der Waals surface area contributed by atoms with E-state index >= 15 is 0 Å². The van der Waals surface area contributed by atoms with E-state index in [-0.39, 0.29) is 5.57 Å². The molecule has 136 valence electrons. The number of hydrogen-bond acceptors (Lipinski definition) is 3. The molecule has 0 bridgehead atoms. The molecule has 0 radical (unpaired) electrons. The van der Waals surface area contributed by atoms with Crippen molar-refractivity contribution < 1.29 is 4.79 Å². The Morgan fingerprint density at radius 2 is 1.96 bits per heavy atom. The van der Waals surface area contributed by atoms with Crippen molar-refractivity contribution in [2.45, 2.75) is 41.2 Å². The van der Waals surface area contributed by atoms with Crippen LogP contribution < -0.4 is 5.32 Å². The second-order valence-corrected chi connectivity index (χ2v) is 7.11. The van der Waals surface area contributed by atoms with Crippen molar-refractivity contribution in [1.82, 2.24) is 9.78 Å². The molecule has 2 aromatic rings. The molecule has 0 atom stereocenters. The van der Waals surface area contributed by atoms with Gasteiger partial charge in [-0.15, -0.1) is 0 Å². The Kier molecular flexibility index (Phi) is 6.23. The second-order valence-electron chi connectivity index (χ2n) is 6.76. The van der Waals surface area contributed by atoms with Gasteiger partial charge in [-0.1, -0.05) is 43.6 Å². The molecule has 1 aromatic carbocycles. The number of amides is 1. The molecule has 1 heterocycles. The van der Waals surface area contributed by atoms with Crippen molar-refractivity contribution in [3.63, 3.8) is 0 Å². The average molecular weight is 371 g/mol. The summed E-state index contributed by atoms with van der Waals surface area (Å²) in [6.07, 6.45) is 1.50. The summed E-state index contributed by atoms with van der Waals surface area (Å²) in [5.74, 6) is -0.0802. The monoisotopic (exact) mass is 370 g/mol. The fourth-order valence-electron chi connectivity index (χ4n) is 2.68. The number of nitriles is 1. The summed E-state index contributed by atoms with van der Waals surface area (Å²) in [5.41, 5.74) is 3.87. The van der Waals surface area contributed by atoms with Gasteiger partial charge < -0.3 is 5.32 Å². The quantitative estimate of drug-likeness (QED) is 0.614. The van der Waals surface area contributed by atoms with Crippen LogP contribution in [-0.2, 0) is 11.3 Å². The highest BCUT2D eigenvalue weighted by Crippen LogP contribution is 2.25. The molecule has 0 aliphatic heterocycles. The molecule has 0 aliphatic rings. The maximum absolute atomic E-state index is 12.6. The van der Waals surface area contributed by atoms with Crippen LogP contribution in [0.1, 0.15) is 36.2 Å². The van der Waals surface area contributed by atoms with Crippen LogP contribution in [0.5, 0.6) is 0 Å². The number of aryl methyl sites for hydroxylation is 3. The Bertz CT molecular complexity index is 883. The Labute approximate surface area is 159 Å². The molecule has 2 rings (SSSR count). The third-order valence-electron chi connectivity index (χ3n) is 4.02. The van der Waals surface area contributed by atoms with Crippen LogP contribution in [0, 0.1) is 38.0 Å². The Hall–Kier alpha value is -2.58. The molecule has 0 fully saturated rings. The van der Waals surface area contributed by atoms with Gasteiger partial charge >= 0.3 is 0 Å². The van der Waals surface area contributed by atoms with Crippen molar-refractivity contribution in [2.75, 3.05) is 5.32 Å². The van der Waals surface area contributed by atoms with Gasteiger partial charge in [-0.25, -0.2) is 0 Å². The molecule has 1 aromatic heterocycles. The maximum Gasteiger partial charge on any atom is 0.266 e. The van der Waals surface area contributed by atoms with Gasteiger partial charge in [-0.05, 0) is 43.9 Å². The molecular weight excluding hydrogens is 348 g/mol. The van der Waals surface area contributed by atoms with Crippen molar-refractivity contribution in [3.05, 3.63) is 51.3 Å². The zero-order chi connectivity index (χ0) is 19.4. The van der Waals surface area contributed by atoms with E-state index in [9.17, 15) is 10.1 Å². The highest BCUT2D eigenvalue weighted by atomic mass is 35.5. The number of halogens is 1. The largest absolute Gasteiger partial charge is 0.321 e. The zero-order valence-electron chi connectivity index (χ0n) is 15.7. The van der Waals surface area contributed by atoms with Gasteiger partial charge in [-0.2, -0.15) is 10.4 Å². The smallest absolute Gasteiger partial charge is 0.266 e. The summed E-state index contributed by atoms with van der Waals surface area (Å²) in [7, 11) is 0. The van der Waals surface area contributed by atoms with E-state index in [2.05, 4.69) is 24.3 Å². The standard InChI is InChI=1S/C20H23ClN4O/c1-12(2)11-25-19(21)17(15(5)24-25)9-16(10-22)20(26)23-18-13(3)7-6-8-14(18)4/h6-9,12H,11H2,1-5H3,(H,23,26)/b16-9+. The predicted molar refractivity (Wildman–Crippen MR) is 105 cm³/mol. The lowest BCUT2D eigenvalue weighted by Crippen LogP contribution is -2.15. The van der Waals surface area contributed by atoms with Gasteiger partial charge in [0.15, 0.2) is 0 Å². The summed E-state index contributed by atoms with van der Waals surface area (Å²) in [5, 5.41) is 17.1. The Balaban J connectivity index is 2.35. The lowest BCUT2D eigenvalue weighted by atomic mass is 10.1. The molecule has 0 unspecified atom stereocenters. The van der Waals surface area contributed by atoms with E-state index in [1.807, 2.05) is 45.0 Å². The summed E-state index contributed by atoms with van der Waals surface area (Å²) in [6, 6.07) is 7.72. The first-order valence-corrected chi connectivity index (χ1v) is 8.84. The number of rotatable bonds is 5. The van der Waals surface area contributed by atoms with Gasteiger partial charge in [0.2, 0.25) is 0 Å². The van der Waals surface area contributed by atoms with Gasteiger partial charge in [0.1, 0.15) is 16.8 Å². The molecule has 0 aliphatic carbocycles. The van der Waals surface area contributed by atoms with Gasteiger partial charge in [-0.3, -0.25) is 9.48 Å². The van der Waals surface area contributed by atoms with Crippen molar-refractivity contribution in [3.8, 4) is 6.07 Å². The van der Waals surface area contributed by atoms with E-state index in [1.54, 1.807) is 4.68 Å². The topological polar surface area (TPSA) is 70.7 Å². The first-order valence-electron chi connectivity index (χ1n) is 8.46. The first kappa shape index (κ1) is 19.7. The van der Waals surface area contributed by atoms with E-state index in [4.69, 9.17) is 11.6 Å². The van der Waals surface area contributed by atoms with Crippen LogP contribution in [0.25, 0.3) is 6.08 Å². The van der Waals surface area contributed by atoms with Gasteiger partial charge in [0.05, 0.1) is 5.69 Å². The summed E-state index contributed by atoms with van der Waals surface area (Å²) in [6.45, 7) is 10.4. The molecule has 0 saturated carbocycles. The third-order valence-corrected chi connectivity index (χ3v) is 4.42. The number of carbonyl (C=O) groups is 1. The number of benzene rings is 1. The van der Waals surface area contributed by atoms with E-state index in [0.29, 0.717) is 28.9 Å². The average Bonchev–Trinajstić information content (AvgIpc) is 2.82. The summed E-state index contributed by atoms with van der Waals surface area (Å²) in [4.78, 5) is 12.6. The molecule has 1 amide bonds. The van der Waals surface area contributed by atoms with Gasteiger partial charge in [0.25, 0.3) is 5.91 Å². The lowest BCUT2D eigenvalue weighted by Gasteiger charge is -2.11. The number of aromatic nitrogens is 2. The van der Waals surface area contributed by atoms with E-state index < -0.39 is 5.91 Å². The summed E-state index contributed by atoms with van der Waals surface area (Å²) >= 11 is 6.40. The molecule has 26 heavy (non-hydrogen) atoms. The minimum absolute atomic E-state index is 0.0123. The fraction of sp³-hybridized carbons (Fsp3) is 0.350. The molecule has 0 spiro atoms. The van der Waals surface area contributed by atoms with Crippen LogP contribution in [0.2, 0.25) is 5.15 Å². The fourth-order valence-corrected chi connectivity index (χ4v) is 2.98. The second kappa shape index (κ2) is 8.20. The van der Waals surface area contributed by atoms with Crippen molar-refractivity contribution >= 4 is 29.3 Å². The van der Waals surface area contributed by atoms with Crippen LogP contribution in [0.15, 0.2) is 23.8 Å². The SMILES string of the molecule is Cc1cccc(C)c1NC(=O)/C(C#N)=C/c1c(C)nn(CC(C)C)c1Cl. The predicted octanol–water partition coefficient (Wildman–Crippen LogP) is 4.66. The maximum atomic E-state index is 12.6. The molecule has 0 saturated heterocycles. The zero-order valence-corrected chi connectivity index (χ0v) is 16.5. The van der Waals surface area contributed by atoms with Crippen molar-refractivity contribution in [2.24, 2.45) is 5.92 Å². The number of nitrogens with zero attached hydrogens (tertiary/aromatic N) is 3. The number of nitrogens with one attached hydrogen (secondary N) is 1. The van der Waals surface area contributed by atoms with Crippen LogP contribution >= 0.6 is 11.6 Å². The minimum atomic E-state index is -0.461. The third kappa shape index (κ3) is 4.33. The van der Waals surface area contributed by atoms with Crippen LogP contribution in [0.4, 0.5) is 5.69 Å². The summed E-state index contributed by atoms with van der Waals surface area (Å²) < 4.78 is 1.70. The first-order chi connectivity index (χ1) is 12.2. The highest BCUT2D eigenvalue weighted by molar-refractivity contribution is 6.31. The van der Waals surface area contributed by atoms with Crippen molar-refractivity contribution in [1.29, 1.82) is 5.26 Å². The Morgan fingerprint density at radius 3 is 2.50 bits per heavy atom. The van der Waals surface area contributed by atoms with Gasteiger partial charge in [0, 0.05) is 17.8 Å². The van der Waals surface area contributed by atoms with E-state index in [1.165, 1.54) is 6.08 Å².